The number of hydrogen-bond acceptors (Lipinski definition) is 4. The van der Waals surface area contributed by atoms with Crippen molar-refractivity contribution in [1.29, 1.82) is 0 Å². The van der Waals surface area contributed by atoms with Crippen molar-refractivity contribution >= 4 is 12.1 Å². The zero-order chi connectivity index (χ0) is 12.8. The van der Waals surface area contributed by atoms with E-state index in [2.05, 4.69) is 9.99 Å². The summed E-state index contributed by atoms with van der Waals surface area (Å²) in [6.45, 7) is 2.55. The van der Waals surface area contributed by atoms with Gasteiger partial charge in [-0.25, -0.2) is 0 Å². The molecule has 5 heteroatoms. The molecule has 96 valence electrons. The van der Waals surface area contributed by atoms with E-state index in [4.69, 9.17) is 4.74 Å². The highest BCUT2D eigenvalue weighted by atomic mass is 16.6. The van der Waals surface area contributed by atoms with E-state index in [0.717, 1.165) is 5.56 Å². The van der Waals surface area contributed by atoms with Crippen LogP contribution < -0.4 is 0 Å². The molecule has 0 atom stereocenters. The molecule has 1 aliphatic heterocycles. The Kier molecular flexibility index (Phi) is 4.30. The maximum Gasteiger partial charge on any atom is 0.254 e. The largest absolute Gasteiger partial charge is 0.399 e. The van der Waals surface area contributed by atoms with Crippen molar-refractivity contribution in [2.45, 2.75) is 0 Å². The Hall–Kier alpha value is -1.88. The van der Waals surface area contributed by atoms with Crippen molar-refractivity contribution in [3.8, 4) is 0 Å². The molecule has 1 saturated heterocycles. The third-order valence-corrected chi connectivity index (χ3v) is 2.76. The van der Waals surface area contributed by atoms with Gasteiger partial charge in [-0.15, -0.1) is 0 Å². The van der Waals surface area contributed by atoms with Crippen molar-refractivity contribution in [3.05, 3.63) is 35.4 Å². The third-order valence-electron chi connectivity index (χ3n) is 2.76. The van der Waals surface area contributed by atoms with Gasteiger partial charge in [-0.1, -0.05) is 17.3 Å². The van der Waals surface area contributed by atoms with Gasteiger partial charge in [0.1, 0.15) is 7.11 Å². The second-order valence-electron chi connectivity index (χ2n) is 3.94. The molecule has 2 rings (SSSR count). The fourth-order valence-corrected chi connectivity index (χ4v) is 1.77. The van der Waals surface area contributed by atoms with Crippen LogP contribution in [0.5, 0.6) is 0 Å². The molecule has 0 unspecified atom stereocenters. The highest BCUT2D eigenvalue weighted by Gasteiger charge is 2.17. The SMILES string of the molecule is CON=Cc1ccc(C(=O)N2CCOCC2)cc1. The van der Waals surface area contributed by atoms with Gasteiger partial charge in [0.05, 0.1) is 19.4 Å². The number of oxime groups is 1. The Bertz CT molecular complexity index is 422. The Morgan fingerprint density at radius 3 is 2.61 bits per heavy atom. The lowest BCUT2D eigenvalue weighted by atomic mass is 10.1. The van der Waals surface area contributed by atoms with E-state index < -0.39 is 0 Å². The lowest BCUT2D eigenvalue weighted by Gasteiger charge is -2.26. The summed E-state index contributed by atoms with van der Waals surface area (Å²) in [6.07, 6.45) is 1.60. The summed E-state index contributed by atoms with van der Waals surface area (Å²) in [6, 6.07) is 7.29. The molecule has 0 aromatic heterocycles. The lowest BCUT2D eigenvalue weighted by Crippen LogP contribution is -2.40. The van der Waals surface area contributed by atoms with Crippen molar-refractivity contribution in [2.24, 2.45) is 5.16 Å². The van der Waals surface area contributed by atoms with Crippen LogP contribution in [0.3, 0.4) is 0 Å². The fourth-order valence-electron chi connectivity index (χ4n) is 1.77. The molecule has 18 heavy (non-hydrogen) atoms. The number of carbonyl (C=O) groups is 1. The van der Waals surface area contributed by atoms with Crippen LogP contribution in [0.25, 0.3) is 0 Å². The first-order chi connectivity index (χ1) is 8.81. The Labute approximate surface area is 106 Å². The topological polar surface area (TPSA) is 51.1 Å². The van der Waals surface area contributed by atoms with Crippen molar-refractivity contribution in [1.82, 2.24) is 4.90 Å². The van der Waals surface area contributed by atoms with Gasteiger partial charge in [0.2, 0.25) is 0 Å². The summed E-state index contributed by atoms with van der Waals surface area (Å²) in [7, 11) is 1.49. The van der Waals surface area contributed by atoms with Gasteiger partial charge in [0, 0.05) is 18.7 Å². The zero-order valence-corrected chi connectivity index (χ0v) is 10.3. The van der Waals surface area contributed by atoms with Crippen LogP contribution in [0.15, 0.2) is 29.4 Å². The number of ether oxygens (including phenoxy) is 1. The number of benzene rings is 1. The minimum Gasteiger partial charge on any atom is -0.399 e. The fraction of sp³-hybridized carbons (Fsp3) is 0.385. The molecule has 1 heterocycles. The first-order valence-electron chi connectivity index (χ1n) is 5.85. The first-order valence-corrected chi connectivity index (χ1v) is 5.85. The molecule has 0 radical (unpaired) electrons. The summed E-state index contributed by atoms with van der Waals surface area (Å²) in [5.41, 5.74) is 1.59. The van der Waals surface area contributed by atoms with Crippen LogP contribution in [0, 0.1) is 0 Å². The summed E-state index contributed by atoms with van der Waals surface area (Å²) >= 11 is 0. The summed E-state index contributed by atoms with van der Waals surface area (Å²) in [5.74, 6) is 0.0496. The minimum absolute atomic E-state index is 0.0496. The number of morpholine rings is 1. The molecular formula is C13H16N2O3. The van der Waals surface area contributed by atoms with Crippen LogP contribution in [-0.2, 0) is 9.57 Å². The molecule has 0 aliphatic carbocycles. The van der Waals surface area contributed by atoms with E-state index in [0.29, 0.717) is 31.9 Å². The van der Waals surface area contributed by atoms with Gasteiger partial charge in [0.15, 0.2) is 0 Å². The quantitative estimate of drug-likeness (QED) is 0.595. The summed E-state index contributed by atoms with van der Waals surface area (Å²) in [5, 5.41) is 3.67. The normalized spacial score (nSPS) is 15.9. The number of nitrogens with zero attached hydrogens (tertiary/aromatic N) is 2. The van der Waals surface area contributed by atoms with Gasteiger partial charge < -0.3 is 14.5 Å². The van der Waals surface area contributed by atoms with Crippen LogP contribution in [-0.4, -0.2) is 50.4 Å². The van der Waals surface area contributed by atoms with Crippen LogP contribution in [0.1, 0.15) is 15.9 Å². The monoisotopic (exact) mass is 248 g/mol. The number of rotatable bonds is 3. The molecule has 1 fully saturated rings. The van der Waals surface area contributed by atoms with E-state index in [1.807, 2.05) is 17.0 Å². The molecule has 0 N–H and O–H groups in total. The molecule has 0 bridgehead atoms. The summed E-state index contributed by atoms with van der Waals surface area (Å²) in [4.78, 5) is 18.5. The van der Waals surface area contributed by atoms with Gasteiger partial charge >= 0.3 is 0 Å². The number of amides is 1. The van der Waals surface area contributed by atoms with Gasteiger partial charge in [-0.05, 0) is 17.7 Å². The number of carbonyl (C=O) groups excluding carboxylic acids is 1. The number of hydrogen-bond donors (Lipinski definition) is 0. The van der Waals surface area contributed by atoms with Crippen molar-refractivity contribution < 1.29 is 14.4 Å². The van der Waals surface area contributed by atoms with Crippen LogP contribution in [0.2, 0.25) is 0 Å². The molecule has 1 aromatic rings. The smallest absolute Gasteiger partial charge is 0.254 e. The van der Waals surface area contributed by atoms with Crippen LogP contribution >= 0.6 is 0 Å². The molecule has 1 amide bonds. The predicted molar refractivity (Wildman–Crippen MR) is 67.8 cm³/mol. The summed E-state index contributed by atoms with van der Waals surface area (Å²) < 4.78 is 5.22. The second-order valence-corrected chi connectivity index (χ2v) is 3.94. The van der Waals surface area contributed by atoms with Crippen molar-refractivity contribution in [2.75, 3.05) is 33.4 Å². The van der Waals surface area contributed by atoms with Gasteiger partial charge in [0.25, 0.3) is 5.91 Å². The standard InChI is InChI=1S/C13H16N2O3/c1-17-14-10-11-2-4-12(5-3-11)13(16)15-6-8-18-9-7-15/h2-5,10H,6-9H2,1H3. The molecule has 0 saturated carbocycles. The molecule has 1 aliphatic rings. The molecule has 5 nitrogen and oxygen atoms in total. The van der Waals surface area contributed by atoms with E-state index in [9.17, 15) is 4.79 Å². The zero-order valence-electron chi connectivity index (χ0n) is 10.3. The second kappa shape index (κ2) is 6.16. The van der Waals surface area contributed by atoms with Crippen LogP contribution in [0.4, 0.5) is 0 Å². The Morgan fingerprint density at radius 1 is 1.33 bits per heavy atom. The highest BCUT2D eigenvalue weighted by molar-refractivity contribution is 5.95. The average molecular weight is 248 g/mol. The van der Waals surface area contributed by atoms with E-state index in [1.54, 1.807) is 18.3 Å². The maximum atomic E-state index is 12.1. The Morgan fingerprint density at radius 2 is 2.00 bits per heavy atom. The Balaban J connectivity index is 2.04. The van der Waals surface area contributed by atoms with E-state index in [-0.39, 0.29) is 5.91 Å². The minimum atomic E-state index is 0.0496. The lowest BCUT2D eigenvalue weighted by molar-refractivity contribution is 0.0303. The van der Waals surface area contributed by atoms with Gasteiger partial charge in [-0.2, -0.15) is 0 Å². The average Bonchev–Trinajstić information content (AvgIpc) is 2.46. The van der Waals surface area contributed by atoms with E-state index >= 15 is 0 Å². The first kappa shape index (κ1) is 12.6. The van der Waals surface area contributed by atoms with Crippen molar-refractivity contribution in [3.63, 3.8) is 0 Å². The highest BCUT2D eigenvalue weighted by Crippen LogP contribution is 2.08. The maximum absolute atomic E-state index is 12.1. The predicted octanol–water partition coefficient (Wildman–Crippen LogP) is 1.14. The molecule has 0 spiro atoms. The molecular weight excluding hydrogens is 232 g/mol. The van der Waals surface area contributed by atoms with E-state index in [1.165, 1.54) is 7.11 Å². The molecule has 1 aromatic carbocycles. The van der Waals surface area contributed by atoms with Gasteiger partial charge in [-0.3, -0.25) is 4.79 Å². The third kappa shape index (κ3) is 3.07.